The predicted molar refractivity (Wildman–Crippen MR) is 65.0 cm³/mol. The van der Waals surface area contributed by atoms with Gasteiger partial charge in [0.15, 0.2) is 0 Å². The minimum absolute atomic E-state index is 0.0352. The van der Waals surface area contributed by atoms with E-state index in [-0.39, 0.29) is 17.7 Å². The van der Waals surface area contributed by atoms with Gasteiger partial charge in [-0.2, -0.15) is 0 Å². The molecule has 0 aromatic rings. The average molecular weight is 228 g/mol. The van der Waals surface area contributed by atoms with Gasteiger partial charge < -0.3 is 11.1 Å². The molecule has 0 aromatic heterocycles. The zero-order valence-corrected chi connectivity index (χ0v) is 11.2. The highest BCUT2D eigenvalue weighted by molar-refractivity contribution is 5.90. The lowest BCUT2D eigenvalue weighted by Crippen LogP contribution is -2.51. The molecule has 0 saturated carbocycles. The Morgan fingerprint density at radius 2 is 1.56 bits per heavy atom. The summed E-state index contributed by atoms with van der Waals surface area (Å²) < 4.78 is 0. The minimum Gasteiger partial charge on any atom is -0.368 e. The molecule has 0 heterocycles. The van der Waals surface area contributed by atoms with Crippen molar-refractivity contribution in [1.82, 2.24) is 5.32 Å². The summed E-state index contributed by atoms with van der Waals surface area (Å²) in [4.78, 5) is 23.1. The van der Waals surface area contributed by atoms with Crippen LogP contribution in [0.1, 0.15) is 48.0 Å². The Labute approximate surface area is 98.0 Å². The smallest absolute Gasteiger partial charge is 0.235 e. The van der Waals surface area contributed by atoms with Gasteiger partial charge in [-0.3, -0.25) is 9.59 Å². The number of primary amides is 1. The van der Waals surface area contributed by atoms with E-state index in [1.807, 2.05) is 41.5 Å². The fourth-order valence-corrected chi connectivity index (χ4v) is 1.24. The molecule has 0 bridgehead atoms. The monoisotopic (exact) mass is 228 g/mol. The van der Waals surface area contributed by atoms with Crippen molar-refractivity contribution in [2.45, 2.75) is 59.5 Å². The van der Waals surface area contributed by atoms with E-state index in [2.05, 4.69) is 5.32 Å². The Morgan fingerprint density at radius 1 is 1.12 bits per heavy atom. The number of hydrogen-bond acceptors (Lipinski definition) is 3. The van der Waals surface area contributed by atoms with E-state index in [1.165, 1.54) is 0 Å². The average Bonchev–Trinajstić information content (AvgIpc) is 1.98. The highest BCUT2D eigenvalue weighted by Gasteiger charge is 2.29. The molecule has 0 spiro atoms. The third kappa shape index (κ3) is 5.85. The van der Waals surface area contributed by atoms with E-state index in [1.54, 1.807) is 0 Å². The third-order valence-electron chi connectivity index (χ3n) is 2.18. The Bertz CT molecular complexity index is 272. The van der Waals surface area contributed by atoms with Crippen molar-refractivity contribution in [1.29, 1.82) is 0 Å². The summed E-state index contributed by atoms with van der Waals surface area (Å²) in [6, 6.07) is -0.591. The van der Waals surface area contributed by atoms with Crippen LogP contribution in [0, 0.1) is 5.41 Å². The first-order chi connectivity index (χ1) is 6.93. The maximum absolute atomic E-state index is 11.8. The fourth-order valence-electron chi connectivity index (χ4n) is 1.24. The third-order valence-corrected chi connectivity index (χ3v) is 2.18. The molecule has 1 unspecified atom stereocenters. The molecular weight excluding hydrogens is 204 g/mol. The molecule has 94 valence electrons. The highest BCUT2D eigenvalue weighted by atomic mass is 16.1. The van der Waals surface area contributed by atoms with E-state index in [4.69, 9.17) is 5.73 Å². The number of carbonyl (C=O) groups is 2. The van der Waals surface area contributed by atoms with Crippen LogP contribution in [0.3, 0.4) is 0 Å². The summed E-state index contributed by atoms with van der Waals surface area (Å²) in [5.74, 6) is -0.444. The molecule has 1 amide bonds. The van der Waals surface area contributed by atoms with Crippen LogP contribution in [0.15, 0.2) is 0 Å². The van der Waals surface area contributed by atoms with Gasteiger partial charge in [0, 0.05) is 17.4 Å². The lowest BCUT2D eigenvalue weighted by Gasteiger charge is -2.28. The minimum atomic E-state index is -0.591. The van der Waals surface area contributed by atoms with Crippen molar-refractivity contribution >= 4 is 11.7 Å². The van der Waals surface area contributed by atoms with Crippen molar-refractivity contribution < 1.29 is 9.59 Å². The molecule has 0 aliphatic rings. The first kappa shape index (κ1) is 15.1. The summed E-state index contributed by atoms with van der Waals surface area (Å²) >= 11 is 0. The molecule has 0 aliphatic carbocycles. The number of hydrogen-bond donors (Lipinski definition) is 2. The van der Waals surface area contributed by atoms with E-state index < -0.39 is 17.4 Å². The quantitative estimate of drug-likeness (QED) is 0.760. The lowest BCUT2D eigenvalue weighted by atomic mass is 9.86. The molecule has 0 saturated heterocycles. The van der Waals surface area contributed by atoms with Crippen molar-refractivity contribution in [3.63, 3.8) is 0 Å². The second-order valence-corrected chi connectivity index (χ2v) is 6.23. The zero-order chi connectivity index (χ0) is 13.1. The number of carbonyl (C=O) groups excluding carboxylic acids is 2. The summed E-state index contributed by atoms with van der Waals surface area (Å²) in [6.07, 6.45) is 0.149. The van der Waals surface area contributed by atoms with Gasteiger partial charge in [-0.15, -0.1) is 0 Å². The standard InChI is InChI=1S/C12H24N2O2/c1-11(2,3)9(15)7-8(10(13)16)14-12(4,5)6/h8,14H,7H2,1-6H3,(H2,13,16). The number of rotatable bonds is 4. The topological polar surface area (TPSA) is 72.2 Å². The molecule has 0 aromatic carbocycles. The van der Waals surface area contributed by atoms with Crippen LogP contribution < -0.4 is 11.1 Å². The van der Waals surface area contributed by atoms with Crippen LogP contribution in [-0.4, -0.2) is 23.3 Å². The normalized spacial score (nSPS) is 14.6. The molecular formula is C12H24N2O2. The molecule has 3 N–H and O–H groups in total. The molecule has 1 atom stereocenters. The van der Waals surface area contributed by atoms with Crippen molar-refractivity contribution in [2.75, 3.05) is 0 Å². The summed E-state index contributed by atoms with van der Waals surface area (Å²) in [6.45, 7) is 11.3. The Kier molecular flexibility index (Phi) is 4.68. The van der Waals surface area contributed by atoms with Crippen molar-refractivity contribution in [2.24, 2.45) is 11.1 Å². The molecule has 16 heavy (non-hydrogen) atoms. The van der Waals surface area contributed by atoms with Gasteiger partial charge >= 0.3 is 0 Å². The lowest BCUT2D eigenvalue weighted by molar-refractivity contribution is -0.130. The fraction of sp³-hybridized carbons (Fsp3) is 0.833. The Balaban J connectivity index is 4.60. The van der Waals surface area contributed by atoms with E-state index in [0.717, 1.165) is 0 Å². The zero-order valence-electron chi connectivity index (χ0n) is 11.2. The number of nitrogens with two attached hydrogens (primary N) is 1. The number of Topliss-reactive ketones (excluding diaryl/α,β-unsaturated/α-hetero) is 1. The molecule has 0 rings (SSSR count). The van der Waals surface area contributed by atoms with Gasteiger partial charge in [-0.1, -0.05) is 20.8 Å². The van der Waals surface area contributed by atoms with Gasteiger partial charge in [0.2, 0.25) is 5.91 Å². The van der Waals surface area contributed by atoms with Crippen molar-refractivity contribution in [3.05, 3.63) is 0 Å². The maximum Gasteiger partial charge on any atom is 0.235 e. The predicted octanol–water partition coefficient (Wildman–Crippen LogP) is 1.23. The van der Waals surface area contributed by atoms with Crippen LogP contribution in [-0.2, 0) is 9.59 Å². The maximum atomic E-state index is 11.8. The first-order valence-corrected chi connectivity index (χ1v) is 5.54. The number of nitrogens with one attached hydrogen (secondary N) is 1. The second-order valence-electron chi connectivity index (χ2n) is 6.23. The van der Waals surface area contributed by atoms with Crippen LogP contribution in [0.4, 0.5) is 0 Å². The largest absolute Gasteiger partial charge is 0.368 e. The van der Waals surface area contributed by atoms with Crippen LogP contribution in [0.25, 0.3) is 0 Å². The van der Waals surface area contributed by atoms with Gasteiger partial charge in [0.25, 0.3) is 0 Å². The van der Waals surface area contributed by atoms with E-state index in [9.17, 15) is 9.59 Å². The van der Waals surface area contributed by atoms with Gasteiger partial charge in [-0.25, -0.2) is 0 Å². The molecule has 0 radical (unpaired) electrons. The van der Waals surface area contributed by atoms with Crippen molar-refractivity contribution in [3.8, 4) is 0 Å². The number of ketones is 1. The molecule has 0 fully saturated rings. The van der Waals surface area contributed by atoms with Gasteiger partial charge in [0.05, 0.1) is 6.04 Å². The summed E-state index contributed by atoms with van der Waals surface area (Å²) in [5, 5.41) is 3.06. The van der Waals surface area contributed by atoms with Gasteiger partial charge in [-0.05, 0) is 20.8 Å². The molecule has 4 heteroatoms. The van der Waals surface area contributed by atoms with Crippen LogP contribution >= 0.6 is 0 Å². The van der Waals surface area contributed by atoms with Crippen LogP contribution in [0.2, 0.25) is 0 Å². The summed E-state index contributed by atoms with van der Waals surface area (Å²) in [5.41, 5.74) is 4.61. The van der Waals surface area contributed by atoms with E-state index in [0.29, 0.717) is 0 Å². The number of amides is 1. The summed E-state index contributed by atoms with van der Waals surface area (Å²) in [7, 11) is 0. The Hall–Kier alpha value is -0.900. The molecule has 0 aliphatic heterocycles. The SMILES string of the molecule is CC(C)(C)NC(CC(=O)C(C)(C)C)C(N)=O. The Morgan fingerprint density at radius 3 is 1.81 bits per heavy atom. The van der Waals surface area contributed by atoms with Gasteiger partial charge in [0.1, 0.15) is 5.78 Å². The second kappa shape index (κ2) is 4.95. The van der Waals surface area contributed by atoms with Crippen LogP contribution in [0.5, 0.6) is 0 Å². The molecule has 4 nitrogen and oxygen atoms in total. The highest BCUT2D eigenvalue weighted by Crippen LogP contribution is 2.18. The van der Waals surface area contributed by atoms with E-state index >= 15 is 0 Å². The first-order valence-electron chi connectivity index (χ1n) is 5.54.